The van der Waals surface area contributed by atoms with Crippen LogP contribution in [0.15, 0.2) is 47.4 Å². The Kier molecular flexibility index (Phi) is 6.46. The number of nitrogens with zero attached hydrogens (tertiary/aromatic N) is 4. The second-order valence-electron chi connectivity index (χ2n) is 7.19. The summed E-state index contributed by atoms with van der Waals surface area (Å²) in [5.41, 5.74) is 1.91. The molecule has 1 aromatic heterocycles. The molecule has 0 aliphatic carbocycles. The molecular weight excluding hydrogens is 454 g/mol. The predicted molar refractivity (Wildman–Crippen MR) is 119 cm³/mol. The molecule has 4 rings (SSSR count). The third kappa shape index (κ3) is 4.63. The molecule has 1 amide bonds. The van der Waals surface area contributed by atoms with Crippen LogP contribution in [-0.2, 0) is 19.6 Å². The third-order valence-electron chi connectivity index (χ3n) is 5.16. The summed E-state index contributed by atoms with van der Waals surface area (Å²) >= 11 is 0.982. The van der Waals surface area contributed by atoms with Gasteiger partial charge in [0.1, 0.15) is 15.9 Å². The normalized spacial score (nSPS) is 15.5. The molecule has 1 aliphatic rings. The van der Waals surface area contributed by atoms with E-state index in [9.17, 15) is 18.0 Å². The molecule has 0 atom stereocenters. The van der Waals surface area contributed by atoms with Gasteiger partial charge in [-0.3, -0.25) is 9.69 Å². The van der Waals surface area contributed by atoms with E-state index in [2.05, 4.69) is 18.8 Å². The molecular formula is C20H21N5O5S2. The number of hydrogen-bond acceptors (Lipinski definition) is 9. The molecule has 3 aromatic rings. The summed E-state index contributed by atoms with van der Waals surface area (Å²) in [6.07, 6.45) is 0. The van der Waals surface area contributed by atoms with E-state index in [-0.39, 0.29) is 30.4 Å². The Hall–Kier alpha value is -2.93. The maximum Gasteiger partial charge on any atom is 0.337 e. The highest BCUT2D eigenvalue weighted by molar-refractivity contribution is 7.89. The van der Waals surface area contributed by atoms with Gasteiger partial charge in [0.05, 0.1) is 30.9 Å². The number of ether oxygens (including phenoxy) is 1. The second kappa shape index (κ2) is 9.28. The Morgan fingerprint density at radius 3 is 2.47 bits per heavy atom. The number of benzene rings is 2. The van der Waals surface area contributed by atoms with Gasteiger partial charge in [-0.2, -0.15) is 13.1 Å². The van der Waals surface area contributed by atoms with Gasteiger partial charge in [0, 0.05) is 31.9 Å². The number of anilines is 1. The number of methoxy groups -OCH3 is 1. The van der Waals surface area contributed by atoms with E-state index in [1.54, 1.807) is 42.5 Å². The van der Waals surface area contributed by atoms with Crippen molar-refractivity contribution < 1.29 is 22.7 Å². The molecule has 2 heterocycles. The first-order valence-corrected chi connectivity index (χ1v) is 12.0. The minimum atomic E-state index is -3.70. The zero-order valence-corrected chi connectivity index (χ0v) is 18.9. The molecule has 0 bridgehead atoms. The number of fused-ring (bicyclic) bond motifs is 1. The summed E-state index contributed by atoms with van der Waals surface area (Å²) in [7, 11) is -2.39. The molecule has 2 aromatic carbocycles. The van der Waals surface area contributed by atoms with Gasteiger partial charge < -0.3 is 10.1 Å². The van der Waals surface area contributed by atoms with Crippen LogP contribution in [0.4, 0.5) is 5.69 Å². The molecule has 32 heavy (non-hydrogen) atoms. The Morgan fingerprint density at radius 1 is 1.06 bits per heavy atom. The van der Waals surface area contributed by atoms with Gasteiger partial charge in [0.25, 0.3) is 0 Å². The molecule has 12 heteroatoms. The molecule has 0 saturated carbocycles. The van der Waals surface area contributed by atoms with E-state index >= 15 is 0 Å². The highest BCUT2D eigenvalue weighted by Gasteiger charge is 2.31. The van der Waals surface area contributed by atoms with Crippen LogP contribution in [0.2, 0.25) is 0 Å². The number of carbonyl (C=O) groups excluding carboxylic acids is 2. The maximum absolute atomic E-state index is 13.1. The number of carbonyl (C=O) groups is 2. The molecule has 1 aliphatic heterocycles. The summed E-state index contributed by atoms with van der Waals surface area (Å²) in [4.78, 5) is 25.9. The minimum Gasteiger partial charge on any atom is -0.465 e. The van der Waals surface area contributed by atoms with Gasteiger partial charge in [-0.1, -0.05) is 6.07 Å². The van der Waals surface area contributed by atoms with Crippen LogP contribution in [0.5, 0.6) is 0 Å². The van der Waals surface area contributed by atoms with Crippen LogP contribution in [0, 0.1) is 0 Å². The number of piperazine rings is 1. The first-order valence-electron chi connectivity index (χ1n) is 9.80. The minimum absolute atomic E-state index is 0.137. The van der Waals surface area contributed by atoms with Crippen molar-refractivity contribution in [3.63, 3.8) is 0 Å². The van der Waals surface area contributed by atoms with Gasteiger partial charge in [-0.25, -0.2) is 13.2 Å². The topological polar surface area (TPSA) is 122 Å². The van der Waals surface area contributed by atoms with Crippen molar-refractivity contribution in [2.75, 3.05) is 45.2 Å². The Bertz CT molecular complexity index is 1230. The van der Waals surface area contributed by atoms with Crippen molar-refractivity contribution in [2.45, 2.75) is 4.90 Å². The molecule has 0 unspecified atom stereocenters. The molecule has 0 spiro atoms. The second-order valence-corrected chi connectivity index (χ2v) is 9.62. The fraction of sp³-hybridized carbons (Fsp3) is 0.300. The summed E-state index contributed by atoms with van der Waals surface area (Å²) in [6.45, 7) is 1.55. The SMILES string of the molecule is COC(=O)c1ccc(NC(=O)CN2CCN(S(=O)(=O)c3cccc4nsnc34)CC2)cc1. The monoisotopic (exact) mass is 475 g/mol. The number of aromatic nitrogens is 2. The first-order chi connectivity index (χ1) is 15.4. The summed E-state index contributed by atoms with van der Waals surface area (Å²) in [5.74, 6) is -0.664. The zero-order valence-electron chi connectivity index (χ0n) is 17.2. The maximum atomic E-state index is 13.1. The van der Waals surface area contributed by atoms with Gasteiger partial charge >= 0.3 is 5.97 Å². The van der Waals surface area contributed by atoms with Crippen molar-refractivity contribution in [3.05, 3.63) is 48.0 Å². The fourth-order valence-electron chi connectivity index (χ4n) is 3.47. The van der Waals surface area contributed by atoms with E-state index in [1.165, 1.54) is 11.4 Å². The van der Waals surface area contributed by atoms with E-state index < -0.39 is 16.0 Å². The predicted octanol–water partition coefficient (Wildman–Crippen LogP) is 1.42. The number of sulfonamides is 1. The van der Waals surface area contributed by atoms with Crippen LogP contribution in [0.25, 0.3) is 11.0 Å². The van der Waals surface area contributed by atoms with E-state index in [0.717, 1.165) is 11.7 Å². The van der Waals surface area contributed by atoms with Crippen LogP contribution < -0.4 is 5.32 Å². The Morgan fingerprint density at radius 2 is 1.78 bits per heavy atom. The van der Waals surface area contributed by atoms with E-state index in [0.29, 0.717) is 35.4 Å². The summed E-state index contributed by atoms with van der Waals surface area (Å²) < 4.78 is 40.5. The van der Waals surface area contributed by atoms with Crippen molar-refractivity contribution in [3.8, 4) is 0 Å². The highest BCUT2D eigenvalue weighted by atomic mass is 32.2. The van der Waals surface area contributed by atoms with Gasteiger partial charge in [-0.05, 0) is 36.4 Å². The molecule has 1 N–H and O–H groups in total. The van der Waals surface area contributed by atoms with Crippen molar-refractivity contribution >= 4 is 50.3 Å². The molecule has 168 valence electrons. The number of hydrogen-bond donors (Lipinski definition) is 1. The lowest BCUT2D eigenvalue weighted by molar-refractivity contribution is -0.117. The standard InChI is InChI=1S/C20H21N5O5S2/c1-30-20(27)14-5-7-15(8-6-14)21-18(26)13-24-9-11-25(12-10-24)32(28,29)17-4-2-3-16-19(17)23-31-22-16/h2-8H,9-13H2,1H3,(H,21,26). The number of rotatable bonds is 6. The van der Waals surface area contributed by atoms with E-state index in [1.807, 2.05) is 4.90 Å². The molecule has 10 nitrogen and oxygen atoms in total. The van der Waals surface area contributed by atoms with Gasteiger partial charge in [-0.15, -0.1) is 0 Å². The number of nitrogens with one attached hydrogen (secondary N) is 1. The Balaban J connectivity index is 1.33. The number of esters is 1. The van der Waals surface area contributed by atoms with Crippen LogP contribution in [0.1, 0.15) is 10.4 Å². The lowest BCUT2D eigenvalue weighted by Crippen LogP contribution is -2.50. The molecule has 1 fully saturated rings. The van der Waals surface area contributed by atoms with E-state index in [4.69, 9.17) is 0 Å². The first kappa shape index (κ1) is 22.3. The quantitative estimate of drug-likeness (QED) is 0.531. The average molecular weight is 476 g/mol. The zero-order chi connectivity index (χ0) is 22.7. The largest absolute Gasteiger partial charge is 0.465 e. The van der Waals surface area contributed by atoms with Crippen LogP contribution >= 0.6 is 11.7 Å². The fourth-order valence-corrected chi connectivity index (χ4v) is 5.64. The number of amides is 1. The van der Waals surface area contributed by atoms with Crippen molar-refractivity contribution in [2.24, 2.45) is 0 Å². The van der Waals surface area contributed by atoms with Crippen molar-refractivity contribution in [1.29, 1.82) is 0 Å². The third-order valence-corrected chi connectivity index (χ3v) is 7.63. The molecule has 0 radical (unpaired) electrons. The van der Waals surface area contributed by atoms with Crippen LogP contribution in [-0.4, -0.2) is 78.1 Å². The Labute approximate surface area is 189 Å². The van der Waals surface area contributed by atoms with Gasteiger partial charge in [0.2, 0.25) is 15.9 Å². The molecule has 1 saturated heterocycles. The smallest absolute Gasteiger partial charge is 0.337 e. The lowest BCUT2D eigenvalue weighted by Gasteiger charge is -2.33. The summed E-state index contributed by atoms with van der Waals surface area (Å²) in [6, 6.07) is 11.3. The highest BCUT2D eigenvalue weighted by Crippen LogP contribution is 2.25. The van der Waals surface area contributed by atoms with Crippen LogP contribution in [0.3, 0.4) is 0 Å². The average Bonchev–Trinajstić information content (AvgIpc) is 3.28. The van der Waals surface area contributed by atoms with Gasteiger partial charge in [0.15, 0.2) is 0 Å². The summed E-state index contributed by atoms with van der Waals surface area (Å²) in [5, 5.41) is 2.78. The van der Waals surface area contributed by atoms with Crippen molar-refractivity contribution in [1.82, 2.24) is 18.0 Å². The lowest BCUT2D eigenvalue weighted by atomic mass is 10.2.